The molecule has 0 bridgehead atoms. The zero-order valence-electron chi connectivity index (χ0n) is 11.6. The number of anilines is 1. The molecule has 20 heavy (non-hydrogen) atoms. The van der Waals surface area contributed by atoms with Crippen molar-refractivity contribution in [2.24, 2.45) is 5.73 Å². The smallest absolute Gasteiger partial charge is 0.0673 e. The van der Waals surface area contributed by atoms with Crippen molar-refractivity contribution in [3.63, 3.8) is 0 Å². The van der Waals surface area contributed by atoms with E-state index in [0.29, 0.717) is 6.54 Å². The number of para-hydroxylation sites is 1. The second-order valence-corrected chi connectivity index (χ2v) is 6.11. The Morgan fingerprint density at radius 3 is 2.60 bits per heavy atom. The van der Waals surface area contributed by atoms with E-state index in [0.717, 1.165) is 15.1 Å². The van der Waals surface area contributed by atoms with Crippen LogP contribution in [0.4, 0.5) is 5.69 Å². The predicted octanol–water partition coefficient (Wildman–Crippen LogP) is 4.55. The average molecular weight is 354 g/mol. The van der Waals surface area contributed by atoms with Crippen LogP contribution in [-0.4, -0.2) is 13.6 Å². The zero-order chi connectivity index (χ0) is 14.7. The molecular formula is C16H18BrClN2. The molecule has 0 aliphatic carbocycles. The summed E-state index contributed by atoms with van der Waals surface area (Å²) in [5.41, 5.74) is 9.51. The molecule has 0 radical (unpaired) electrons. The van der Waals surface area contributed by atoms with Gasteiger partial charge in [-0.05, 0) is 42.3 Å². The molecule has 2 rings (SSSR count). The lowest BCUT2D eigenvalue weighted by molar-refractivity contribution is 0.676. The summed E-state index contributed by atoms with van der Waals surface area (Å²) < 4.78 is 1.03. The molecule has 0 saturated heterocycles. The monoisotopic (exact) mass is 352 g/mol. The first-order valence-electron chi connectivity index (χ1n) is 6.48. The summed E-state index contributed by atoms with van der Waals surface area (Å²) in [5.74, 6) is 0. The van der Waals surface area contributed by atoms with E-state index in [1.54, 1.807) is 0 Å². The fourth-order valence-electron chi connectivity index (χ4n) is 2.39. The predicted molar refractivity (Wildman–Crippen MR) is 90.5 cm³/mol. The highest BCUT2D eigenvalue weighted by Crippen LogP contribution is 2.33. The lowest BCUT2D eigenvalue weighted by Crippen LogP contribution is -2.31. The second-order valence-electron chi connectivity index (χ2n) is 4.81. The third-order valence-electron chi connectivity index (χ3n) is 3.50. The summed E-state index contributed by atoms with van der Waals surface area (Å²) in [6, 6.07) is 14.2. The van der Waals surface area contributed by atoms with Gasteiger partial charge < -0.3 is 10.6 Å². The van der Waals surface area contributed by atoms with E-state index in [-0.39, 0.29) is 6.04 Å². The van der Waals surface area contributed by atoms with E-state index in [9.17, 15) is 0 Å². The van der Waals surface area contributed by atoms with Crippen molar-refractivity contribution in [2.75, 3.05) is 18.5 Å². The molecule has 2 aromatic rings. The van der Waals surface area contributed by atoms with Crippen LogP contribution in [0, 0.1) is 6.92 Å². The molecule has 0 saturated carbocycles. The normalized spacial score (nSPS) is 12.2. The largest absolute Gasteiger partial charge is 0.366 e. The van der Waals surface area contributed by atoms with Crippen LogP contribution in [0.15, 0.2) is 46.9 Å². The minimum atomic E-state index is 0.0733. The highest BCUT2D eigenvalue weighted by molar-refractivity contribution is 9.10. The first-order valence-corrected chi connectivity index (χ1v) is 7.65. The van der Waals surface area contributed by atoms with Gasteiger partial charge in [-0.15, -0.1) is 0 Å². The van der Waals surface area contributed by atoms with E-state index < -0.39 is 0 Å². The molecule has 0 heterocycles. The Balaban J connectivity index is 2.42. The van der Waals surface area contributed by atoms with Crippen LogP contribution < -0.4 is 10.6 Å². The van der Waals surface area contributed by atoms with Crippen LogP contribution >= 0.6 is 27.5 Å². The zero-order valence-corrected chi connectivity index (χ0v) is 13.9. The molecule has 2 nitrogen and oxygen atoms in total. The number of benzene rings is 2. The molecule has 2 aromatic carbocycles. The molecule has 106 valence electrons. The number of nitrogens with zero attached hydrogens (tertiary/aromatic N) is 1. The van der Waals surface area contributed by atoms with Crippen molar-refractivity contribution in [3.05, 3.63) is 63.1 Å². The lowest BCUT2D eigenvalue weighted by Gasteiger charge is -2.31. The lowest BCUT2D eigenvalue weighted by atomic mass is 10.0. The summed E-state index contributed by atoms with van der Waals surface area (Å²) >= 11 is 9.71. The van der Waals surface area contributed by atoms with Crippen LogP contribution in [-0.2, 0) is 0 Å². The van der Waals surface area contributed by atoms with Gasteiger partial charge in [0.15, 0.2) is 0 Å². The first kappa shape index (κ1) is 15.4. The Hall–Kier alpha value is -1.03. The summed E-state index contributed by atoms with van der Waals surface area (Å²) in [5, 5.41) is 0.722. The van der Waals surface area contributed by atoms with Gasteiger partial charge in [0.2, 0.25) is 0 Å². The Labute approximate surface area is 133 Å². The van der Waals surface area contributed by atoms with Gasteiger partial charge in [-0.2, -0.15) is 0 Å². The number of hydrogen-bond donors (Lipinski definition) is 1. The van der Waals surface area contributed by atoms with Gasteiger partial charge in [0.1, 0.15) is 0 Å². The quantitative estimate of drug-likeness (QED) is 0.874. The summed E-state index contributed by atoms with van der Waals surface area (Å²) in [7, 11) is 2.06. The van der Waals surface area contributed by atoms with Crippen LogP contribution in [0.3, 0.4) is 0 Å². The Morgan fingerprint density at radius 2 is 1.95 bits per heavy atom. The van der Waals surface area contributed by atoms with E-state index in [1.165, 1.54) is 11.3 Å². The Morgan fingerprint density at radius 1 is 1.25 bits per heavy atom. The van der Waals surface area contributed by atoms with E-state index in [2.05, 4.69) is 46.9 Å². The molecular weight excluding hydrogens is 336 g/mol. The van der Waals surface area contributed by atoms with Crippen molar-refractivity contribution in [1.29, 1.82) is 0 Å². The fraction of sp³-hybridized carbons (Fsp3) is 0.250. The molecule has 0 aliphatic rings. The molecule has 0 amide bonds. The van der Waals surface area contributed by atoms with Crippen molar-refractivity contribution in [3.8, 4) is 0 Å². The van der Waals surface area contributed by atoms with E-state index in [4.69, 9.17) is 17.3 Å². The van der Waals surface area contributed by atoms with Gasteiger partial charge in [-0.1, -0.05) is 45.7 Å². The molecule has 4 heteroatoms. The third-order valence-corrected chi connectivity index (χ3v) is 4.46. The number of halogens is 2. The number of hydrogen-bond acceptors (Lipinski definition) is 2. The maximum Gasteiger partial charge on any atom is 0.0673 e. The third kappa shape index (κ3) is 3.17. The van der Waals surface area contributed by atoms with Crippen molar-refractivity contribution in [1.82, 2.24) is 0 Å². The Kier molecular flexibility index (Phi) is 5.08. The van der Waals surface area contributed by atoms with Crippen molar-refractivity contribution in [2.45, 2.75) is 13.0 Å². The van der Waals surface area contributed by atoms with Crippen LogP contribution in [0.2, 0.25) is 5.02 Å². The van der Waals surface area contributed by atoms with Crippen LogP contribution in [0.25, 0.3) is 0 Å². The van der Waals surface area contributed by atoms with Gasteiger partial charge in [-0.3, -0.25) is 0 Å². The highest BCUT2D eigenvalue weighted by atomic mass is 79.9. The number of nitrogens with two attached hydrogens (primary N) is 1. The van der Waals surface area contributed by atoms with Crippen LogP contribution in [0.1, 0.15) is 17.2 Å². The summed E-state index contributed by atoms with van der Waals surface area (Å²) in [6.07, 6.45) is 0. The molecule has 0 aliphatic heterocycles. The standard InChI is InChI=1S/C16H18BrClN2/c1-11-5-3-4-6-15(11)20(2)16(10-19)13-9-12(18)7-8-14(13)17/h3-9,16H,10,19H2,1-2H3. The molecule has 0 spiro atoms. The molecule has 1 unspecified atom stereocenters. The molecule has 0 fully saturated rings. The van der Waals surface area contributed by atoms with Gasteiger partial charge in [0.25, 0.3) is 0 Å². The number of aryl methyl sites for hydroxylation is 1. The van der Waals surface area contributed by atoms with E-state index in [1.807, 2.05) is 30.3 Å². The van der Waals surface area contributed by atoms with Crippen molar-refractivity contribution < 1.29 is 0 Å². The number of likely N-dealkylation sites (N-methyl/N-ethyl adjacent to an activating group) is 1. The molecule has 0 aromatic heterocycles. The highest BCUT2D eigenvalue weighted by Gasteiger charge is 2.19. The first-order chi connectivity index (χ1) is 9.54. The maximum atomic E-state index is 6.12. The summed E-state index contributed by atoms with van der Waals surface area (Å²) in [6.45, 7) is 2.62. The van der Waals surface area contributed by atoms with Gasteiger partial charge in [0, 0.05) is 28.8 Å². The fourth-order valence-corrected chi connectivity index (χ4v) is 3.08. The topological polar surface area (TPSA) is 29.3 Å². The molecule has 2 N–H and O–H groups in total. The SMILES string of the molecule is Cc1ccccc1N(C)C(CN)c1cc(Cl)ccc1Br. The van der Waals surface area contributed by atoms with Crippen LogP contribution in [0.5, 0.6) is 0 Å². The maximum absolute atomic E-state index is 6.12. The minimum absolute atomic E-state index is 0.0733. The average Bonchev–Trinajstić information content (AvgIpc) is 2.44. The minimum Gasteiger partial charge on any atom is -0.366 e. The summed E-state index contributed by atoms with van der Waals surface area (Å²) in [4.78, 5) is 2.20. The second kappa shape index (κ2) is 6.61. The van der Waals surface area contributed by atoms with Gasteiger partial charge in [-0.25, -0.2) is 0 Å². The Bertz CT molecular complexity index is 601. The molecule has 1 atom stereocenters. The van der Waals surface area contributed by atoms with Gasteiger partial charge >= 0.3 is 0 Å². The van der Waals surface area contributed by atoms with Gasteiger partial charge in [0.05, 0.1) is 6.04 Å². The number of rotatable bonds is 4. The van der Waals surface area contributed by atoms with E-state index >= 15 is 0 Å². The van der Waals surface area contributed by atoms with Crippen molar-refractivity contribution >= 4 is 33.2 Å².